The molecule has 3 rings (SSSR count). The van der Waals surface area contributed by atoms with Crippen LogP contribution in [-0.4, -0.2) is 12.5 Å². The lowest BCUT2D eigenvalue weighted by molar-refractivity contribution is -0.114. The van der Waals surface area contributed by atoms with E-state index in [1.807, 2.05) is 42.5 Å². The number of nitrogens with one attached hydrogen (secondary N) is 2. The van der Waals surface area contributed by atoms with Crippen molar-refractivity contribution in [2.24, 2.45) is 0 Å². The minimum absolute atomic E-state index is 0.156. The van der Waals surface area contributed by atoms with Crippen LogP contribution in [-0.2, 0) is 4.79 Å². The van der Waals surface area contributed by atoms with Gasteiger partial charge in [-0.15, -0.1) is 0 Å². The normalized spacial score (nSPS) is 10.5. The topological polar surface area (TPSA) is 41.1 Å². The van der Waals surface area contributed by atoms with Gasteiger partial charge >= 0.3 is 0 Å². The molecule has 5 heteroatoms. The Hall–Kier alpha value is -2.23. The van der Waals surface area contributed by atoms with Crippen LogP contribution in [0.5, 0.6) is 0 Å². The molecule has 0 heterocycles. The summed E-state index contributed by atoms with van der Waals surface area (Å²) in [6, 6.07) is 19.0. The largest absolute Gasteiger partial charge is 0.376 e. The zero-order valence-corrected chi connectivity index (χ0v) is 13.7. The molecule has 3 aromatic rings. The summed E-state index contributed by atoms with van der Waals surface area (Å²) < 4.78 is 0. The van der Waals surface area contributed by atoms with Gasteiger partial charge in [0, 0.05) is 16.8 Å². The lowest BCUT2D eigenvalue weighted by atomic mass is 10.1. The van der Waals surface area contributed by atoms with Crippen molar-refractivity contribution in [3.05, 3.63) is 70.7 Å². The number of hydrogen-bond acceptors (Lipinski definition) is 2. The Morgan fingerprint density at radius 2 is 1.70 bits per heavy atom. The van der Waals surface area contributed by atoms with E-state index in [0.29, 0.717) is 15.7 Å². The molecule has 0 bridgehead atoms. The summed E-state index contributed by atoms with van der Waals surface area (Å²) in [6.45, 7) is 0.161. The minimum atomic E-state index is -0.156. The molecule has 0 radical (unpaired) electrons. The molecule has 0 aliphatic carbocycles. The van der Waals surface area contributed by atoms with Crippen LogP contribution in [0.3, 0.4) is 0 Å². The first-order chi connectivity index (χ1) is 11.1. The van der Waals surface area contributed by atoms with E-state index in [0.717, 1.165) is 16.5 Å². The Morgan fingerprint density at radius 1 is 0.913 bits per heavy atom. The molecule has 0 saturated carbocycles. The monoisotopic (exact) mass is 344 g/mol. The van der Waals surface area contributed by atoms with Crippen molar-refractivity contribution in [2.75, 3.05) is 17.2 Å². The van der Waals surface area contributed by atoms with E-state index in [1.54, 1.807) is 18.2 Å². The van der Waals surface area contributed by atoms with E-state index in [1.165, 1.54) is 0 Å². The van der Waals surface area contributed by atoms with Crippen LogP contribution in [0.15, 0.2) is 60.7 Å². The van der Waals surface area contributed by atoms with Gasteiger partial charge in [-0.3, -0.25) is 4.79 Å². The summed E-state index contributed by atoms with van der Waals surface area (Å²) in [5.41, 5.74) is 1.54. The second-order valence-electron chi connectivity index (χ2n) is 5.06. The van der Waals surface area contributed by atoms with Crippen molar-refractivity contribution >= 4 is 51.3 Å². The quantitative estimate of drug-likeness (QED) is 0.683. The third-order valence-electron chi connectivity index (χ3n) is 3.43. The highest BCUT2D eigenvalue weighted by Crippen LogP contribution is 2.25. The highest BCUT2D eigenvalue weighted by Gasteiger charge is 2.06. The van der Waals surface area contributed by atoms with Crippen LogP contribution in [0.4, 0.5) is 11.4 Å². The van der Waals surface area contributed by atoms with Gasteiger partial charge in [0.1, 0.15) is 0 Å². The van der Waals surface area contributed by atoms with E-state index in [4.69, 9.17) is 23.2 Å². The number of halogens is 2. The second-order valence-corrected chi connectivity index (χ2v) is 5.87. The fourth-order valence-corrected chi connectivity index (χ4v) is 2.63. The molecule has 1 amide bonds. The predicted octanol–water partition coefficient (Wildman–Crippen LogP) is 5.20. The number of rotatable bonds is 4. The third-order valence-corrected chi connectivity index (χ3v) is 4.17. The number of fused-ring (bicyclic) bond motifs is 1. The zero-order valence-electron chi connectivity index (χ0n) is 12.1. The molecule has 0 aromatic heterocycles. The lowest BCUT2D eigenvalue weighted by Crippen LogP contribution is -2.21. The van der Waals surface area contributed by atoms with Crippen molar-refractivity contribution in [2.45, 2.75) is 0 Å². The average molecular weight is 345 g/mol. The van der Waals surface area contributed by atoms with E-state index >= 15 is 0 Å². The van der Waals surface area contributed by atoms with Gasteiger partial charge < -0.3 is 10.6 Å². The maximum Gasteiger partial charge on any atom is 0.243 e. The smallest absolute Gasteiger partial charge is 0.243 e. The summed E-state index contributed by atoms with van der Waals surface area (Å²) >= 11 is 11.8. The molecule has 0 unspecified atom stereocenters. The molecule has 23 heavy (non-hydrogen) atoms. The number of benzene rings is 3. The molecule has 0 atom stereocenters. The van der Waals surface area contributed by atoms with Gasteiger partial charge in [0.05, 0.1) is 16.6 Å². The van der Waals surface area contributed by atoms with Gasteiger partial charge in [0.15, 0.2) is 0 Å². The number of carbonyl (C=O) groups excluding carboxylic acids is 1. The summed E-state index contributed by atoms with van der Waals surface area (Å²) in [6.07, 6.45) is 0. The number of amides is 1. The van der Waals surface area contributed by atoms with E-state index in [2.05, 4.69) is 10.6 Å². The number of hydrogen-bond donors (Lipinski definition) is 2. The van der Waals surface area contributed by atoms with E-state index < -0.39 is 0 Å². The first kappa shape index (κ1) is 15.7. The highest BCUT2D eigenvalue weighted by atomic mass is 35.5. The van der Waals surface area contributed by atoms with Crippen LogP contribution < -0.4 is 10.6 Å². The first-order valence-corrected chi connectivity index (χ1v) is 7.85. The van der Waals surface area contributed by atoms with Crippen LogP contribution in [0.25, 0.3) is 10.8 Å². The van der Waals surface area contributed by atoms with Crippen molar-refractivity contribution in [1.29, 1.82) is 0 Å². The summed E-state index contributed by atoms with van der Waals surface area (Å²) in [4.78, 5) is 12.1. The van der Waals surface area contributed by atoms with Crippen LogP contribution in [0.1, 0.15) is 0 Å². The third kappa shape index (κ3) is 3.76. The Kier molecular flexibility index (Phi) is 4.70. The molecule has 0 fully saturated rings. The maximum absolute atomic E-state index is 12.1. The average Bonchev–Trinajstić information content (AvgIpc) is 2.56. The van der Waals surface area contributed by atoms with E-state index in [9.17, 15) is 4.79 Å². The fourth-order valence-electron chi connectivity index (χ4n) is 2.33. The molecule has 2 N–H and O–H groups in total. The Bertz CT molecular complexity index is 859. The van der Waals surface area contributed by atoms with Crippen molar-refractivity contribution in [1.82, 2.24) is 0 Å². The Morgan fingerprint density at radius 3 is 2.52 bits per heavy atom. The molecule has 3 nitrogen and oxygen atoms in total. The SMILES string of the molecule is O=C(CNc1cccc2ccccc12)Nc1ccc(Cl)c(Cl)c1. The van der Waals surface area contributed by atoms with Gasteiger partial charge in [0.2, 0.25) is 5.91 Å². The first-order valence-electron chi connectivity index (χ1n) is 7.10. The molecular weight excluding hydrogens is 331 g/mol. The van der Waals surface area contributed by atoms with Crippen molar-refractivity contribution in [3.8, 4) is 0 Å². The maximum atomic E-state index is 12.1. The van der Waals surface area contributed by atoms with Gasteiger partial charge in [-0.2, -0.15) is 0 Å². The van der Waals surface area contributed by atoms with Crippen LogP contribution in [0.2, 0.25) is 10.0 Å². The summed E-state index contributed by atoms with van der Waals surface area (Å²) in [7, 11) is 0. The number of carbonyl (C=O) groups is 1. The van der Waals surface area contributed by atoms with Gasteiger partial charge in [0.25, 0.3) is 0 Å². The van der Waals surface area contributed by atoms with Crippen molar-refractivity contribution < 1.29 is 4.79 Å². The van der Waals surface area contributed by atoms with Gasteiger partial charge in [-0.25, -0.2) is 0 Å². The molecular formula is C18H14Cl2N2O. The molecule has 0 aliphatic rings. The van der Waals surface area contributed by atoms with E-state index in [-0.39, 0.29) is 12.5 Å². The second kappa shape index (κ2) is 6.90. The molecule has 0 spiro atoms. The minimum Gasteiger partial charge on any atom is -0.376 e. The van der Waals surface area contributed by atoms with Crippen molar-refractivity contribution in [3.63, 3.8) is 0 Å². The Balaban J connectivity index is 1.67. The lowest BCUT2D eigenvalue weighted by Gasteiger charge is -2.10. The standard InChI is InChI=1S/C18H14Cl2N2O/c19-15-9-8-13(10-16(15)20)22-18(23)11-21-17-7-3-5-12-4-1-2-6-14(12)17/h1-10,21H,11H2,(H,22,23). The highest BCUT2D eigenvalue weighted by molar-refractivity contribution is 6.42. The summed E-state index contributed by atoms with van der Waals surface area (Å²) in [5.74, 6) is -0.156. The fraction of sp³-hybridized carbons (Fsp3) is 0.0556. The zero-order chi connectivity index (χ0) is 16.2. The van der Waals surface area contributed by atoms with Crippen LogP contribution in [0, 0.1) is 0 Å². The van der Waals surface area contributed by atoms with Gasteiger partial charge in [-0.1, -0.05) is 59.6 Å². The predicted molar refractivity (Wildman–Crippen MR) is 97.5 cm³/mol. The molecule has 0 aliphatic heterocycles. The summed E-state index contributed by atoms with van der Waals surface area (Å²) in [5, 5.41) is 9.02. The molecule has 116 valence electrons. The molecule has 0 saturated heterocycles. The van der Waals surface area contributed by atoms with Gasteiger partial charge in [-0.05, 0) is 29.7 Å². The Labute approximate surface area is 144 Å². The molecule has 3 aromatic carbocycles. The van der Waals surface area contributed by atoms with Crippen LogP contribution >= 0.6 is 23.2 Å². The number of anilines is 2.